The first-order chi connectivity index (χ1) is 12.5. The first-order valence-electron chi connectivity index (χ1n) is 8.24. The van der Waals surface area contributed by atoms with Gasteiger partial charge >= 0.3 is 5.97 Å². The van der Waals surface area contributed by atoms with E-state index in [0.717, 1.165) is 5.56 Å². The molecule has 0 aliphatic heterocycles. The van der Waals surface area contributed by atoms with Crippen LogP contribution < -0.4 is 5.32 Å². The van der Waals surface area contributed by atoms with Gasteiger partial charge in [0.2, 0.25) is 0 Å². The first kappa shape index (κ1) is 19.1. The van der Waals surface area contributed by atoms with Crippen LogP contribution in [0.15, 0.2) is 54.6 Å². The van der Waals surface area contributed by atoms with E-state index in [9.17, 15) is 19.7 Å². The van der Waals surface area contributed by atoms with Crippen LogP contribution in [0.1, 0.15) is 24.5 Å². The average Bonchev–Trinajstić information content (AvgIpc) is 2.65. The lowest BCUT2D eigenvalue weighted by atomic mass is 10.1. The third kappa shape index (κ3) is 5.41. The Labute approximate surface area is 151 Å². The number of nitro benzene ring substituents is 1. The maximum atomic E-state index is 12.2. The van der Waals surface area contributed by atoms with Crippen LogP contribution in [0.4, 0.5) is 5.69 Å². The summed E-state index contributed by atoms with van der Waals surface area (Å²) in [6, 6.07) is 15.3. The van der Waals surface area contributed by atoms with Gasteiger partial charge in [0.05, 0.1) is 11.3 Å². The Hall–Kier alpha value is -3.22. The van der Waals surface area contributed by atoms with E-state index >= 15 is 0 Å². The number of ether oxygens (including phenoxy) is 1. The highest BCUT2D eigenvalue weighted by Crippen LogP contribution is 2.18. The second kappa shape index (κ2) is 9.31. The van der Waals surface area contributed by atoms with Crippen molar-refractivity contribution in [2.24, 2.45) is 0 Å². The summed E-state index contributed by atoms with van der Waals surface area (Å²) in [5, 5.41) is 13.7. The molecule has 0 aromatic heterocycles. The summed E-state index contributed by atoms with van der Waals surface area (Å²) in [4.78, 5) is 34.8. The summed E-state index contributed by atoms with van der Waals surface area (Å²) in [5.74, 6) is -1.08. The molecule has 0 heterocycles. The molecule has 1 atom stereocenters. The fraction of sp³-hybridized carbons (Fsp3) is 0.263. The van der Waals surface area contributed by atoms with Crippen molar-refractivity contribution in [2.45, 2.75) is 32.4 Å². The highest BCUT2D eigenvalue weighted by molar-refractivity contribution is 5.84. The Bertz CT molecular complexity index is 777. The molecule has 0 spiro atoms. The molecule has 0 saturated carbocycles. The molecule has 7 heteroatoms. The predicted molar refractivity (Wildman–Crippen MR) is 95.3 cm³/mol. The van der Waals surface area contributed by atoms with Gasteiger partial charge < -0.3 is 10.1 Å². The van der Waals surface area contributed by atoms with E-state index in [0.29, 0.717) is 13.0 Å². The number of hydrogen-bond acceptors (Lipinski definition) is 5. The molecule has 1 N–H and O–H groups in total. The number of hydrogen-bond donors (Lipinski definition) is 1. The number of amides is 1. The lowest BCUT2D eigenvalue weighted by molar-refractivity contribution is -0.385. The highest BCUT2D eigenvalue weighted by atomic mass is 16.6. The lowest BCUT2D eigenvalue weighted by Crippen LogP contribution is -2.37. The quantitative estimate of drug-likeness (QED) is 0.445. The minimum absolute atomic E-state index is 0.147. The van der Waals surface area contributed by atoms with Gasteiger partial charge in [-0.3, -0.25) is 19.7 Å². The summed E-state index contributed by atoms with van der Waals surface area (Å²) in [6.45, 7) is 2.06. The zero-order valence-electron chi connectivity index (χ0n) is 14.4. The number of nitrogens with zero attached hydrogens (tertiary/aromatic N) is 1. The maximum absolute atomic E-state index is 12.2. The van der Waals surface area contributed by atoms with Gasteiger partial charge in [0.25, 0.3) is 11.6 Å². The molecule has 0 aliphatic rings. The molecule has 2 rings (SSSR count). The third-order valence-electron chi connectivity index (χ3n) is 3.77. The first-order valence-corrected chi connectivity index (χ1v) is 8.24. The summed E-state index contributed by atoms with van der Waals surface area (Å²) < 4.78 is 5.21. The molecule has 0 aliphatic carbocycles. The van der Waals surface area contributed by atoms with E-state index in [1.54, 1.807) is 13.0 Å². The van der Waals surface area contributed by atoms with E-state index in [1.165, 1.54) is 18.2 Å². The van der Waals surface area contributed by atoms with Crippen LogP contribution in [-0.2, 0) is 27.3 Å². The van der Waals surface area contributed by atoms with Crippen LogP contribution in [0, 0.1) is 10.1 Å². The van der Waals surface area contributed by atoms with Gasteiger partial charge in [-0.25, -0.2) is 0 Å². The fourth-order valence-electron chi connectivity index (χ4n) is 2.42. The number of esters is 1. The van der Waals surface area contributed by atoms with Crippen molar-refractivity contribution in [1.82, 2.24) is 5.32 Å². The summed E-state index contributed by atoms with van der Waals surface area (Å²) >= 11 is 0. The minimum atomic E-state index is -0.936. The number of benzene rings is 2. The standard InChI is InChI=1S/C19H20N2O5/c1-2-17(19(23)20-13-14-8-4-3-5-9-14)26-18(22)12-15-10-6-7-11-16(15)21(24)25/h3-11,17H,2,12-13H2,1H3,(H,20,23). The van der Waals surface area contributed by atoms with Crippen molar-refractivity contribution in [2.75, 3.05) is 0 Å². The maximum Gasteiger partial charge on any atom is 0.311 e. The third-order valence-corrected chi connectivity index (χ3v) is 3.77. The SMILES string of the molecule is CCC(OC(=O)Cc1ccccc1[N+](=O)[O-])C(=O)NCc1ccccc1. The minimum Gasteiger partial charge on any atom is -0.452 e. The second-order valence-electron chi connectivity index (χ2n) is 5.65. The van der Waals surface area contributed by atoms with Crippen molar-refractivity contribution in [3.63, 3.8) is 0 Å². The van der Waals surface area contributed by atoms with Crippen molar-refractivity contribution < 1.29 is 19.2 Å². The molecule has 0 fully saturated rings. The molecular formula is C19H20N2O5. The monoisotopic (exact) mass is 356 g/mol. The predicted octanol–water partition coefficient (Wildman–Crippen LogP) is 2.78. The number of nitro groups is 1. The van der Waals surface area contributed by atoms with E-state index in [4.69, 9.17) is 4.74 Å². The Morgan fingerprint density at radius 3 is 2.42 bits per heavy atom. The van der Waals surface area contributed by atoms with Gasteiger partial charge in [0, 0.05) is 18.2 Å². The molecule has 0 saturated heterocycles. The summed E-state index contributed by atoms with van der Waals surface area (Å²) in [5.41, 5.74) is 1.04. The molecule has 26 heavy (non-hydrogen) atoms. The Kier molecular flexibility index (Phi) is 6.84. The van der Waals surface area contributed by atoms with E-state index in [2.05, 4.69) is 5.32 Å². The van der Waals surface area contributed by atoms with Crippen molar-refractivity contribution in [3.05, 3.63) is 75.8 Å². The second-order valence-corrected chi connectivity index (χ2v) is 5.65. The van der Waals surface area contributed by atoms with Crippen LogP contribution >= 0.6 is 0 Å². The number of carbonyl (C=O) groups excluding carboxylic acids is 2. The van der Waals surface area contributed by atoms with Gasteiger partial charge in [-0.2, -0.15) is 0 Å². The fourth-order valence-corrected chi connectivity index (χ4v) is 2.42. The number of rotatable bonds is 8. The van der Waals surface area contributed by atoms with Crippen LogP contribution in [0.3, 0.4) is 0 Å². The molecular weight excluding hydrogens is 336 g/mol. The highest BCUT2D eigenvalue weighted by Gasteiger charge is 2.23. The normalized spacial score (nSPS) is 11.4. The zero-order chi connectivity index (χ0) is 18.9. The molecule has 1 amide bonds. The molecule has 0 bridgehead atoms. The number of nitrogens with one attached hydrogen (secondary N) is 1. The Morgan fingerprint density at radius 2 is 1.77 bits per heavy atom. The van der Waals surface area contributed by atoms with Crippen LogP contribution in [0.5, 0.6) is 0 Å². The van der Waals surface area contributed by atoms with Crippen LogP contribution in [-0.4, -0.2) is 22.9 Å². The van der Waals surface area contributed by atoms with Gasteiger partial charge in [0.1, 0.15) is 0 Å². The van der Waals surface area contributed by atoms with Gasteiger partial charge in [-0.15, -0.1) is 0 Å². The Morgan fingerprint density at radius 1 is 1.12 bits per heavy atom. The molecule has 2 aromatic carbocycles. The lowest BCUT2D eigenvalue weighted by Gasteiger charge is -2.16. The van der Waals surface area contributed by atoms with Crippen molar-refractivity contribution in [1.29, 1.82) is 0 Å². The molecule has 1 unspecified atom stereocenters. The molecule has 7 nitrogen and oxygen atoms in total. The van der Waals surface area contributed by atoms with Crippen LogP contribution in [0.25, 0.3) is 0 Å². The number of carbonyl (C=O) groups is 2. The van der Waals surface area contributed by atoms with E-state index in [1.807, 2.05) is 30.3 Å². The van der Waals surface area contributed by atoms with Crippen molar-refractivity contribution >= 4 is 17.6 Å². The van der Waals surface area contributed by atoms with Crippen molar-refractivity contribution in [3.8, 4) is 0 Å². The molecule has 0 radical (unpaired) electrons. The Balaban J connectivity index is 1.93. The molecule has 136 valence electrons. The summed E-state index contributed by atoms with van der Waals surface area (Å²) in [6.07, 6.45) is -0.892. The van der Waals surface area contributed by atoms with E-state index in [-0.39, 0.29) is 17.7 Å². The zero-order valence-corrected chi connectivity index (χ0v) is 14.4. The summed E-state index contributed by atoms with van der Waals surface area (Å²) in [7, 11) is 0. The largest absolute Gasteiger partial charge is 0.452 e. The van der Waals surface area contributed by atoms with Gasteiger partial charge in [-0.1, -0.05) is 55.5 Å². The van der Waals surface area contributed by atoms with Gasteiger partial charge in [-0.05, 0) is 12.0 Å². The number of para-hydroxylation sites is 1. The van der Waals surface area contributed by atoms with E-state index < -0.39 is 22.9 Å². The van der Waals surface area contributed by atoms with Crippen LogP contribution in [0.2, 0.25) is 0 Å². The topological polar surface area (TPSA) is 98.5 Å². The average molecular weight is 356 g/mol. The molecule has 2 aromatic rings. The van der Waals surface area contributed by atoms with Gasteiger partial charge in [0.15, 0.2) is 6.10 Å². The smallest absolute Gasteiger partial charge is 0.311 e.